The number of benzene rings is 1. The number of likely N-dealkylation sites (tertiary alicyclic amines) is 1. The van der Waals surface area contributed by atoms with Crippen LogP contribution in [0.1, 0.15) is 32.1 Å². The molecule has 3 N–H and O–H groups in total. The molecule has 2 aliphatic rings. The Balaban J connectivity index is 1.31. The lowest BCUT2D eigenvalue weighted by Gasteiger charge is -2.32. The molecule has 0 spiro atoms. The largest absolute Gasteiger partial charge is 0.353 e. The molecule has 0 aliphatic carbocycles. The van der Waals surface area contributed by atoms with E-state index in [4.69, 9.17) is 0 Å². The van der Waals surface area contributed by atoms with Crippen LogP contribution in [0, 0.1) is 5.92 Å². The highest BCUT2D eigenvalue weighted by Gasteiger charge is 2.23. The Morgan fingerprint density at radius 2 is 1.85 bits per heavy atom. The molecule has 1 unspecified atom stereocenters. The van der Waals surface area contributed by atoms with Gasteiger partial charge in [0.2, 0.25) is 11.8 Å². The Hall–Kier alpha value is -1.92. The van der Waals surface area contributed by atoms with Crippen molar-refractivity contribution in [2.45, 2.75) is 38.1 Å². The zero-order valence-corrected chi connectivity index (χ0v) is 15.4. The molecule has 1 aromatic carbocycles. The minimum Gasteiger partial charge on any atom is -0.353 e. The number of para-hydroxylation sites is 1. The Bertz CT molecular complexity index is 579. The molecule has 1 aromatic rings. The van der Waals surface area contributed by atoms with E-state index in [1.165, 1.54) is 6.42 Å². The van der Waals surface area contributed by atoms with Gasteiger partial charge in [0.25, 0.3) is 0 Å². The minimum absolute atomic E-state index is 0.0175. The highest BCUT2D eigenvalue weighted by molar-refractivity contribution is 5.92. The van der Waals surface area contributed by atoms with Crippen LogP contribution in [-0.2, 0) is 9.59 Å². The lowest BCUT2D eigenvalue weighted by molar-refractivity contribution is -0.123. The zero-order valence-electron chi connectivity index (χ0n) is 15.4. The van der Waals surface area contributed by atoms with E-state index in [1.807, 2.05) is 30.3 Å². The average Bonchev–Trinajstić information content (AvgIpc) is 3.16. The number of nitrogens with zero attached hydrogens (tertiary/aromatic N) is 1. The molecule has 6 heteroatoms. The second-order valence-corrected chi connectivity index (χ2v) is 7.43. The summed E-state index contributed by atoms with van der Waals surface area (Å²) in [5, 5.41) is 9.43. The van der Waals surface area contributed by atoms with Gasteiger partial charge in [0.1, 0.15) is 0 Å². The predicted molar refractivity (Wildman–Crippen MR) is 103 cm³/mol. The predicted octanol–water partition coefficient (Wildman–Crippen LogP) is 1.60. The highest BCUT2D eigenvalue weighted by Crippen LogP contribution is 2.15. The smallest absolute Gasteiger partial charge is 0.238 e. The maximum absolute atomic E-state index is 12.1. The van der Waals surface area contributed by atoms with Crippen LogP contribution < -0.4 is 16.0 Å². The summed E-state index contributed by atoms with van der Waals surface area (Å²) in [7, 11) is 0. The van der Waals surface area contributed by atoms with Gasteiger partial charge in [-0.1, -0.05) is 18.2 Å². The molecular weight excluding hydrogens is 328 g/mol. The molecule has 0 radical (unpaired) electrons. The molecule has 142 valence electrons. The van der Waals surface area contributed by atoms with Crippen LogP contribution in [0.4, 0.5) is 5.69 Å². The van der Waals surface area contributed by atoms with Crippen molar-refractivity contribution in [1.29, 1.82) is 0 Å². The number of amides is 2. The third-order valence-corrected chi connectivity index (χ3v) is 5.32. The van der Waals surface area contributed by atoms with Crippen molar-refractivity contribution < 1.29 is 9.59 Å². The van der Waals surface area contributed by atoms with Gasteiger partial charge in [0, 0.05) is 31.2 Å². The first-order valence-corrected chi connectivity index (χ1v) is 9.76. The average molecular weight is 358 g/mol. The lowest BCUT2D eigenvalue weighted by atomic mass is 10.0. The molecule has 0 bridgehead atoms. The van der Waals surface area contributed by atoms with Crippen LogP contribution in [0.5, 0.6) is 0 Å². The first-order valence-electron chi connectivity index (χ1n) is 9.76. The maximum atomic E-state index is 12.1. The molecule has 3 rings (SSSR count). The molecular formula is C20H30N4O2. The Morgan fingerprint density at radius 3 is 2.54 bits per heavy atom. The van der Waals surface area contributed by atoms with Crippen molar-refractivity contribution in [1.82, 2.24) is 15.5 Å². The van der Waals surface area contributed by atoms with E-state index in [1.54, 1.807) is 0 Å². The number of carbonyl (C=O) groups is 2. The molecule has 2 amide bonds. The monoisotopic (exact) mass is 358 g/mol. The summed E-state index contributed by atoms with van der Waals surface area (Å²) in [6.07, 6.45) is 4.63. The summed E-state index contributed by atoms with van der Waals surface area (Å²) in [6.45, 7) is 4.24. The van der Waals surface area contributed by atoms with Gasteiger partial charge < -0.3 is 16.0 Å². The van der Waals surface area contributed by atoms with Gasteiger partial charge in [-0.05, 0) is 56.8 Å². The number of carbonyl (C=O) groups excluding carboxylic acids is 2. The molecule has 2 fully saturated rings. The fraction of sp³-hybridized carbons (Fsp3) is 0.600. The summed E-state index contributed by atoms with van der Waals surface area (Å²) in [5.41, 5.74) is 0.831. The second kappa shape index (κ2) is 9.69. The molecule has 2 heterocycles. The number of hydrogen-bond donors (Lipinski definition) is 3. The van der Waals surface area contributed by atoms with Crippen molar-refractivity contribution in [2.75, 3.05) is 38.0 Å². The lowest BCUT2D eigenvalue weighted by Crippen LogP contribution is -2.46. The topological polar surface area (TPSA) is 73.5 Å². The zero-order chi connectivity index (χ0) is 18.2. The van der Waals surface area contributed by atoms with Crippen molar-refractivity contribution in [3.63, 3.8) is 0 Å². The standard InChI is InChI=1S/C20H30N4O2/c25-19(7-6-16-8-11-21-14-16)22-18-9-12-24(13-10-18)15-20(26)23-17-4-2-1-3-5-17/h1-5,16,18,21H,6-15H2,(H,22,25)(H,23,26). The second-order valence-electron chi connectivity index (χ2n) is 7.43. The van der Waals surface area contributed by atoms with Crippen molar-refractivity contribution in [2.24, 2.45) is 5.92 Å². The van der Waals surface area contributed by atoms with E-state index in [2.05, 4.69) is 20.9 Å². The van der Waals surface area contributed by atoms with Gasteiger partial charge in [-0.15, -0.1) is 0 Å². The molecule has 26 heavy (non-hydrogen) atoms. The van der Waals surface area contributed by atoms with Gasteiger partial charge in [-0.3, -0.25) is 14.5 Å². The molecule has 0 saturated carbocycles. The van der Waals surface area contributed by atoms with Crippen LogP contribution in [0.3, 0.4) is 0 Å². The third-order valence-electron chi connectivity index (χ3n) is 5.32. The van der Waals surface area contributed by atoms with Crippen LogP contribution >= 0.6 is 0 Å². The molecule has 1 atom stereocenters. The molecule has 0 aromatic heterocycles. The van der Waals surface area contributed by atoms with E-state index in [-0.39, 0.29) is 17.9 Å². The van der Waals surface area contributed by atoms with Crippen molar-refractivity contribution in [3.05, 3.63) is 30.3 Å². The van der Waals surface area contributed by atoms with Crippen molar-refractivity contribution >= 4 is 17.5 Å². The fourth-order valence-corrected chi connectivity index (χ4v) is 3.76. The van der Waals surface area contributed by atoms with Gasteiger partial charge in [-0.25, -0.2) is 0 Å². The quantitative estimate of drug-likeness (QED) is 0.692. The molecule has 2 aliphatic heterocycles. The van der Waals surface area contributed by atoms with Gasteiger partial charge >= 0.3 is 0 Å². The summed E-state index contributed by atoms with van der Waals surface area (Å²) >= 11 is 0. The summed E-state index contributed by atoms with van der Waals surface area (Å²) < 4.78 is 0. The van der Waals surface area contributed by atoms with Crippen molar-refractivity contribution in [3.8, 4) is 0 Å². The summed E-state index contributed by atoms with van der Waals surface area (Å²) in [5.74, 6) is 0.853. The van der Waals surface area contributed by atoms with Crippen LogP contribution in [-0.4, -0.2) is 55.5 Å². The van der Waals surface area contributed by atoms with E-state index in [0.29, 0.717) is 18.9 Å². The summed E-state index contributed by atoms with van der Waals surface area (Å²) in [6, 6.07) is 9.78. The fourth-order valence-electron chi connectivity index (χ4n) is 3.76. The van der Waals surface area contributed by atoms with Crippen LogP contribution in [0.2, 0.25) is 0 Å². The van der Waals surface area contributed by atoms with E-state index >= 15 is 0 Å². The number of rotatable bonds is 7. The number of hydrogen-bond acceptors (Lipinski definition) is 4. The first kappa shape index (κ1) is 18.9. The Morgan fingerprint density at radius 1 is 1.08 bits per heavy atom. The number of anilines is 1. The Kier molecular flexibility index (Phi) is 7.03. The number of piperidine rings is 1. The van der Waals surface area contributed by atoms with Gasteiger partial charge in [-0.2, -0.15) is 0 Å². The molecule has 6 nitrogen and oxygen atoms in total. The van der Waals surface area contributed by atoms with Gasteiger partial charge in [0.15, 0.2) is 0 Å². The van der Waals surface area contributed by atoms with E-state index < -0.39 is 0 Å². The minimum atomic E-state index is 0.0175. The maximum Gasteiger partial charge on any atom is 0.238 e. The highest BCUT2D eigenvalue weighted by atomic mass is 16.2. The van der Waals surface area contributed by atoms with E-state index in [9.17, 15) is 9.59 Å². The van der Waals surface area contributed by atoms with Gasteiger partial charge in [0.05, 0.1) is 6.54 Å². The van der Waals surface area contributed by atoms with Crippen LogP contribution in [0.25, 0.3) is 0 Å². The van der Waals surface area contributed by atoms with E-state index in [0.717, 1.165) is 51.1 Å². The molecule has 2 saturated heterocycles. The van der Waals surface area contributed by atoms with Crippen LogP contribution in [0.15, 0.2) is 30.3 Å². The number of nitrogens with one attached hydrogen (secondary N) is 3. The third kappa shape index (κ3) is 6.11. The SMILES string of the molecule is O=C(CN1CCC(NC(=O)CCC2CCNC2)CC1)Nc1ccccc1. The Labute approximate surface area is 155 Å². The normalized spacial score (nSPS) is 21.5. The summed E-state index contributed by atoms with van der Waals surface area (Å²) in [4.78, 5) is 26.4. The first-order chi connectivity index (χ1) is 12.7.